The zero-order valence-electron chi connectivity index (χ0n) is 10.1. The number of rotatable bonds is 3. The van der Waals surface area contributed by atoms with Gasteiger partial charge in [-0.25, -0.2) is 4.79 Å². The summed E-state index contributed by atoms with van der Waals surface area (Å²) in [6.07, 6.45) is -0.329. The van der Waals surface area contributed by atoms with Crippen LogP contribution in [0.15, 0.2) is 18.2 Å². The largest absolute Gasteiger partial charge is 0.494 e. The molecule has 0 unspecified atom stereocenters. The average Bonchev–Trinajstić information content (AvgIpc) is 2.80. The maximum atomic E-state index is 10.8. The highest BCUT2D eigenvalue weighted by Crippen LogP contribution is 2.28. The molecule has 6 nitrogen and oxygen atoms in total. The highest BCUT2D eigenvalue weighted by molar-refractivity contribution is 5.65. The zero-order chi connectivity index (χ0) is 13.1. The average molecular weight is 252 g/mol. The third-order valence-corrected chi connectivity index (χ3v) is 2.92. The first-order chi connectivity index (χ1) is 8.60. The molecule has 1 amide bonds. The number of ether oxygens (including phenoxy) is 2. The summed E-state index contributed by atoms with van der Waals surface area (Å²) in [6.45, 7) is 0.897. The van der Waals surface area contributed by atoms with Gasteiger partial charge in [-0.3, -0.25) is 0 Å². The predicted octanol–water partition coefficient (Wildman–Crippen LogP) is 1.41. The van der Waals surface area contributed by atoms with Crippen molar-refractivity contribution < 1.29 is 19.4 Å². The summed E-state index contributed by atoms with van der Waals surface area (Å²) in [7, 11) is 1.54. The van der Waals surface area contributed by atoms with Gasteiger partial charge in [0, 0.05) is 19.0 Å². The molecule has 0 spiro atoms. The normalized spacial score (nSPS) is 18.7. The Morgan fingerprint density at radius 3 is 2.94 bits per heavy atom. The van der Waals surface area contributed by atoms with Crippen LogP contribution in [0.4, 0.5) is 10.5 Å². The minimum absolute atomic E-state index is 0.116. The number of carbonyl (C=O) groups is 1. The van der Waals surface area contributed by atoms with E-state index in [9.17, 15) is 4.79 Å². The topological polar surface area (TPSA) is 85.0 Å². The number of methoxy groups -OCH3 is 1. The van der Waals surface area contributed by atoms with Crippen molar-refractivity contribution in [1.82, 2.24) is 4.90 Å². The van der Waals surface area contributed by atoms with Crippen LogP contribution in [0.25, 0.3) is 0 Å². The van der Waals surface area contributed by atoms with Gasteiger partial charge in [0.05, 0.1) is 19.3 Å². The van der Waals surface area contributed by atoms with Crippen LogP contribution >= 0.6 is 0 Å². The highest BCUT2D eigenvalue weighted by Gasteiger charge is 2.27. The minimum atomic E-state index is -0.906. The van der Waals surface area contributed by atoms with Crippen LogP contribution in [0.3, 0.4) is 0 Å². The molecule has 1 fully saturated rings. The lowest BCUT2D eigenvalue weighted by atomic mass is 10.2. The van der Waals surface area contributed by atoms with Crippen molar-refractivity contribution in [3.05, 3.63) is 18.2 Å². The predicted molar refractivity (Wildman–Crippen MR) is 66.0 cm³/mol. The van der Waals surface area contributed by atoms with Gasteiger partial charge >= 0.3 is 6.09 Å². The molecule has 1 aromatic rings. The molecule has 1 heterocycles. The van der Waals surface area contributed by atoms with E-state index in [1.54, 1.807) is 18.2 Å². The van der Waals surface area contributed by atoms with Crippen LogP contribution in [0.2, 0.25) is 0 Å². The SMILES string of the molecule is COc1cc(O[C@@H]2CCN(C(=O)O)C2)ccc1N. The van der Waals surface area contributed by atoms with Crippen molar-refractivity contribution in [3.8, 4) is 11.5 Å². The van der Waals surface area contributed by atoms with Crippen LogP contribution in [0, 0.1) is 0 Å². The van der Waals surface area contributed by atoms with Crippen molar-refractivity contribution >= 4 is 11.8 Å². The van der Waals surface area contributed by atoms with Crippen LogP contribution in [0.5, 0.6) is 11.5 Å². The number of nitrogens with two attached hydrogens (primary N) is 1. The van der Waals surface area contributed by atoms with Gasteiger partial charge in [0.2, 0.25) is 0 Å². The lowest BCUT2D eigenvalue weighted by Crippen LogP contribution is -2.29. The summed E-state index contributed by atoms with van der Waals surface area (Å²) in [4.78, 5) is 12.1. The van der Waals surface area contributed by atoms with E-state index in [2.05, 4.69) is 0 Å². The summed E-state index contributed by atoms with van der Waals surface area (Å²) in [5, 5.41) is 8.85. The Morgan fingerprint density at radius 1 is 1.56 bits per heavy atom. The van der Waals surface area contributed by atoms with E-state index in [0.29, 0.717) is 36.7 Å². The molecule has 1 aliphatic rings. The molecule has 0 saturated carbocycles. The van der Waals surface area contributed by atoms with Crippen molar-refractivity contribution in [2.45, 2.75) is 12.5 Å². The van der Waals surface area contributed by atoms with Crippen molar-refractivity contribution in [3.63, 3.8) is 0 Å². The number of carboxylic acid groups (broad SMARTS) is 1. The van der Waals surface area contributed by atoms with Crippen molar-refractivity contribution in [1.29, 1.82) is 0 Å². The van der Waals surface area contributed by atoms with E-state index in [0.717, 1.165) is 0 Å². The molecule has 1 aromatic carbocycles. The lowest BCUT2D eigenvalue weighted by molar-refractivity contribution is 0.145. The quantitative estimate of drug-likeness (QED) is 0.794. The van der Waals surface area contributed by atoms with E-state index >= 15 is 0 Å². The summed E-state index contributed by atoms with van der Waals surface area (Å²) >= 11 is 0. The van der Waals surface area contributed by atoms with Gasteiger partial charge < -0.3 is 25.2 Å². The van der Waals surface area contributed by atoms with Crippen molar-refractivity contribution in [2.24, 2.45) is 0 Å². The zero-order valence-corrected chi connectivity index (χ0v) is 10.1. The van der Waals surface area contributed by atoms with Gasteiger partial charge in [0.25, 0.3) is 0 Å². The van der Waals surface area contributed by atoms with E-state index in [1.807, 2.05) is 0 Å². The number of hydrogen-bond acceptors (Lipinski definition) is 4. The number of anilines is 1. The van der Waals surface area contributed by atoms with Gasteiger partial charge in [-0.2, -0.15) is 0 Å². The second kappa shape index (κ2) is 5.03. The molecule has 1 saturated heterocycles. The molecule has 3 N–H and O–H groups in total. The van der Waals surface area contributed by atoms with Crippen molar-refractivity contribution in [2.75, 3.05) is 25.9 Å². The number of hydrogen-bond donors (Lipinski definition) is 2. The summed E-state index contributed by atoms with van der Waals surface area (Å²) in [5.74, 6) is 1.19. The van der Waals surface area contributed by atoms with E-state index in [1.165, 1.54) is 12.0 Å². The summed E-state index contributed by atoms with van der Waals surface area (Å²) in [6, 6.07) is 5.16. The van der Waals surface area contributed by atoms with Crippen LogP contribution < -0.4 is 15.2 Å². The number of amides is 1. The maximum Gasteiger partial charge on any atom is 0.407 e. The molecular weight excluding hydrogens is 236 g/mol. The Balaban J connectivity index is 2.00. The first kappa shape index (κ1) is 12.3. The molecule has 0 radical (unpaired) electrons. The molecule has 1 aliphatic heterocycles. The van der Waals surface area contributed by atoms with Crippen LogP contribution in [-0.2, 0) is 0 Å². The Bertz CT molecular complexity index is 450. The minimum Gasteiger partial charge on any atom is -0.494 e. The molecule has 1 atom stereocenters. The fourth-order valence-electron chi connectivity index (χ4n) is 1.96. The lowest BCUT2D eigenvalue weighted by Gasteiger charge is -2.15. The number of nitrogens with zero attached hydrogens (tertiary/aromatic N) is 1. The van der Waals surface area contributed by atoms with Gasteiger partial charge in [0.15, 0.2) is 0 Å². The second-order valence-corrected chi connectivity index (χ2v) is 4.16. The van der Waals surface area contributed by atoms with Gasteiger partial charge in [-0.15, -0.1) is 0 Å². The number of likely N-dealkylation sites (tertiary alicyclic amines) is 1. The second-order valence-electron chi connectivity index (χ2n) is 4.16. The third-order valence-electron chi connectivity index (χ3n) is 2.92. The highest BCUT2D eigenvalue weighted by atomic mass is 16.5. The molecule has 2 rings (SSSR count). The van der Waals surface area contributed by atoms with Crippen LogP contribution in [-0.4, -0.2) is 42.4 Å². The Labute approximate surface area is 105 Å². The Morgan fingerprint density at radius 2 is 2.33 bits per heavy atom. The molecule has 98 valence electrons. The monoisotopic (exact) mass is 252 g/mol. The summed E-state index contributed by atoms with van der Waals surface area (Å²) in [5.41, 5.74) is 6.25. The Kier molecular flexibility index (Phi) is 3.45. The number of nitrogen functional groups attached to an aromatic ring is 1. The molecule has 0 aliphatic carbocycles. The molecule has 6 heteroatoms. The fourth-order valence-corrected chi connectivity index (χ4v) is 1.96. The smallest absolute Gasteiger partial charge is 0.407 e. The van der Waals surface area contributed by atoms with E-state index < -0.39 is 6.09 Å². The molecule has 0 bridgehead atoms. The number of benzene rings is 1. The first-order valence-corrected chi connectivity index (χ1v) is 5.68. The van der Waals surface area contributed by atoms with Gasteiger partial charge in [0.1, 0.15) is 17.6 Å². The first-order valence-electron chi connectivity index (χ1n) is 5.68. The van der Waals surface area contributed by atoms with E-state index in [4.69, 9.17) is 20.3 Å². The third kappa shape index (κ3) is 2.58. The Hall–Kier alpha value is -2.11. The van der Waals surface area contributed by atoms with Gasteiger partial charge in [-0.1, -0.05) is 0 Å². The molecule has 0 aromatic heterocycles. The fraction of sp³-hybridized carbons (Fsp3) is 0.417. The van der Waals surface area contributed by atoms with E-state index in [-0.39, 0.29) is 6.10 Å². The summed E-state index contributed by atoms with van der Waals surface area (Å²) < 4.78 is 10.8. The molecule has 18 heavy (non-hydrogen) atoms. The molecular formula is C12H16N2O4. The van der Waals surface area contributed by atoms with Crippen LogP contribution in [0.1, 0.15) is 6.42 Å². The van der Waals surface area contributed by atoms with Gasteiger partial charge in [-0.05, 0) is 12.1 Å². The maximum absolute atomic E-state index is 10.8. The standard InChI is InChI=1S/C12H16N2O4/c1-17-11-6-8(2-3-10(11)13)18-9-4-5-14(7-9)12(15)16/h2-3,6,9H,4-5,7,13H2,1H3,(H,15,16)/t9-/m1/s1.